The van der Waals surface area contributed by atoms with E-state index in [1.54, 1.807) is 17.3 Å². The number of methoxy groups -OCH3 is 1. The molecule has 2 fully saturated rings. The summed E-state index contributed by atoms with van der Waals surface area (Å²) in [4.78, 5) is 36.7. The Kier molecular flexibility index (Phi) is 5.20. The van der Waals surface area contributed by atoms with Gasteiger partial charge < -0.3 is 29.9 Å². The molecule has 0 bridgehead atoms. The molecule has 0 spiro atoms. The molecule has 2 saturated heterocycles. The predicted molar refractivity (Wildman–Crippen MR) is 119 cm³/mol. The molecule has 11 nitrogen and oxygen atoms in total. The van der Waals surface area contributed by atoms with Crippen molar-refractivity contribution in [3.8, 4) is 11.3 Å². The molecule has 2 aromatic rings. The van der Waals surface area contributed by atoms with Gasteiger partial charge in [-0.25, -0.2) is 19.7 Å². The van der Waals surface area contributed by atoms with Crippen molar-refractivity contribution in [1.82, 2.24) is 24.8 Å². The first-order valence-corrected chi connectivity index (χ1v) is 10.9. The Morgan fingerprint density at radius 1 is 1.16 bits per heavy atom. The number of fused-ring (bicyclic) bond motifs is 1. The SMILES string of the molecule is COC(=O)N1CC[C@@](C)(N2CCc3c(-c4cnc(N)nc4)nc(N4CCOCC4)nc32)C1. The van der Waals surface area contributed by atoms with Crippen LogP contribution in [0.1, 0.15) is 18.9 Å². The van der Waals surface area contributed by atoms with Gasteiger partial charge in [-0.3, -0.25) is 0 Å². The van der Waals surface area contributed by atoms with Crippen molar-refractivity contribution < 1.29 is 14.3 Å². The third-order valence-electron chi connectivity index (χ3n) is 6.59. The number of ether oxygens (including phenoxy) is 2. The van der Waals surface area contributed by atoms with Crippen molar-refractivity contribution in [2.24, 2.45) is 0 Å². The summed E-state index contributed by atoms with van der Waals surface area (Å²) in [6.45, 7) is 7.03. The maximum atomic E-state index is 12.1. The molecule has 0 saturated carbocycles. The van der Waals surface area contributed by atoms with Crippen LogP contribution in [-0.4, -0.2) is 89.5 Å². The topological polar surface area (TPSA) is 123 Å². The van der Waals surface area contributed by atoms with E-state index in [-0.39, 0.29) is 17.6 Å². The van der Waals surface area contributed by atoms with Crippen LogP contribution in [0.25, 0.3) is 11.3 Å². The van der Waals surface area contributed by atoms with Crippen LogP contribution in [0.3, 0.4) is 0 Å². The number of nitrogen functional groups attached to an aromatic ring is 1. The highest BCUT2D eigenvalue weighted by molar-refractivity contribution is 5.74. The number of nitrogens with zero attached hydrogens (tertiary/aromatic N) is 7. The van der Waals surface area contributed by atoms with E-state index in [0.717, 1.165) is 55.1 Å². The van der Waals surface area contributed by atoms with E-state index < -0.39 is 0 Å². The minimum Gasteiger partial charge on any atom is -0.453 e. The van der Waals surface area contributed by atoms with Gasteiger partial charge in [-0.1, -0.05) is 0 Å². The molecule has 0 aliphatic carbocycles. The number of carbonyl (C=O) groups is 1. The summed E-state index contributed by atoms with van der Waals surface area (Å²) < 4.78 is 10.5. The number of anilines is 3. The molecule has 32 heavy (non-hydrogen) atoms. The quantitative estimate of drug-likeness (QED) is 0.738. The molecule has 0 radical (unpaired) electrons. The lowest BCUT2D eigenvalue weighted by Crippen LogP contribution is -2.49. The van der Waals surface area contributed by atoms with Crippen LogP contribution in [0.4, 0.5) is 22.5 Å². The lowest BCUT2D eigenvalue weighted by molar-refractivity contribution is 0.122. The van der Waals surface area contributed by atoms with Crippen molar-refractivity contribution >= 4 is 23.8 Å². The van der Waals surface area contributed by atoms with E-state index in [0.29, 0.717) is 32.3 Å². The van der Waals surface area contributed by atoms with Crippen LogP contribution in [0, 0.1) is 0 Å². The number of aromatic nitrogens is 4. The smallest absolute Gasteiger partial charge is 0.409 e. The first-order chi connectivity index (χ1) is 15.5. The molecule has 1 amide bonds. The van der Waals surface area contributed by atoms with Gasteiger partial charge in [0.15, 0.2) is 0 Å². The number of morpholine rings is 1. The Labute approximate surface area is 186 Å². The van der Waals surface area contributed by atoms with E-state index in [9.17, 15) is 4.79 Å². The summed E-state index contributed by atoms with van der Waals surface area (Å²) in [7, 11) is 1.42. The van der Waals surface area contributed by atoms with Gasteiger partial charge >= 0.3 is 6.09 Å². The lowest BCUT2D eigenvalue weighted by atomic mass is 9.99. The molecule has 0 unspecified atom stereocenters. The highest BCUT2D eigenvalue weighted by Gasteiger charge is 2.45. The fourth-order valence-electron chi connectivity index (χ4n) is 4.82. The molecule has 5 rings (SSSR count). The van der Waals surface area contributed by atoms with Crippen LogP contribution in [0.2, 0.25) is 0 Å². The Bertz CT molecular complexity index is 1010. The summed E-state index contributed by atoms with van der Waals surface area (Å²) in [6.07, 6.45) is 4.80. The van der Waals surface area contributed by atoms with Crippen molar-refractivity contribution in [2.75, 3.05) is 68.6 Å². The van der Waals surface area contributed by atoms with E-state index in [1.807, 2.05) is 0 Å². The van der Waals surface area contributed by atoms with Crippen molar-refractivity contribution in [2.45, 2.75) is 25.3 Å². The van der Waals surface area contributed by atoms with E-state index >= 15 is 0 Å². The molecular formula is C21H28N8O3. The highest BCUT2D eigenvalue weighted by Crippen LogP contribution is 2.41. The summed E-state index contributed by atoms with van der Waals surface area (Å²) in [6, 6.07) is 0. The molecule has 2 aromatic heterocycles. The zero-order valence-electron chi connectivity index (χ0n) is 18.5. The molecule has 11 heteroatoms. The van der Waals surface area contributed by atoms with Gasteiger partial charge in [-0.2, -0.15) is 4.98 Å². The monoisotopic (exact) mass is 440 g/mol. The van der Waals surface area contributed by atoms with Crippen LogP contribution >= 0.6 is 0 Å². The highest BCUT2D eigenvalue weighted by atomic mass is 16.5. The van der Waals surface area contributed by atoms with E-state index in [1.165, 1.54) is 7.11 Å². The Morgan fingerprint density at radius 2 is 1.91 bits per heavy atom. The second-order valence-corrected chi connectivity index (χ2v) is 8.64. The molecule has 3 aliphatic rings. The van der Waals surface area contributed by atoms with Crippen molar-refractivity contribution in [3.05, 3.63) is 18.0 Å². The molecule has 0 aromatic carbocycles. The fraction of sp³-hybridized carbons (Fsp3) is 0.571. The predicted octanol–water partition coefficient (Wildman–Crippen LogP) is 0.946. The first kappa shape index (κ1) is 20.7. The largest absolute Gasteiger partial charge is 0.453 e. The number of likely N-dealkylation sites (tertiary alicyclic amines) is 1. The Balaban J connectivity index is 1.56. The Morgan fingerprint density at radius 3 is 2.62 bits per heavy atom. The van der Waals surface area contributed by atoms with Crippen LogP contribution in [0.15, 0.2) is 12.4 Å². The summed E-state index contributed by atoms with van der Waals surface area (Å²) in [5, 5.41) is 0. The average Bonchev–Trinajstić information content (AvgIpc) is 3.44. The van der Waals surface area contributed by atoms with Crippen LogP contribution < -0.4 is 15.5 Å². The number of carbonyl (C=O) groups excluding carboxylic acids is 1. The van der Waals surface area contributed by atoms with Gasteiger partial charge in [-0.05, 0) is 19.8 Å². The van der Waals surface area contributed by atoms with Gasteiger partial charge in [-0.15, -0.1) is 0 Å². The van der Waals surface area contributed by atoms with Crippen LogP contribution in [0.5, 0.6) is 0 Å². The normalized spacial score (nSPS) is 22.9. The maximum Gasteiger partial charge on any atom is 0.409 e. The van der Waals surface area contributed by atoms with Gasteiger partial charge in [0.25, 0.3) is 0 Å². The zero-order chi connectivity index (χ0) is 22.3. The van der Waals surface area contributed by atoms with Gasteiger partial charge in [0, 0.05) is 56.2 Å². The molecule has 3 aliphatic heterocycles. The third-order valence-corrected chi connectivity index (χ3v) is 6.59. The molecule has 1 atom stereocenters. The number of hydrogen-bond donors (Lipinski definition) is 1. The van der Waals surface area contributed by atoms with Gasteiger partial charge in [0.1, 0.15) is 5.82 Å². The maximum absolute atomic E-state index is 12.1. The van der Waals surface area contributed by atoms with Crippen molar-refractivity contribution in [1.29, 1.82) is 0 Å². The van der Waals surface area contributed by atoms with Gasteiger partial charge in [0.2, 0.25) is 11.9 Å². The second kappa shape index (κ2) is 8.05. The lowest BCUT2D eigenvalue weighted by Gasteiger charge is -2.37. The van der Waals surface area contributed by atoms with Gasteiger partial charge in [0.05, 0.1) is 31.6 Å². The standard InChI is InChI=1S/C21H28N8O3/c1-21(4-6-28(13-21)20(30)31-2)29-5-3-15-16(14-11-23-18(22)24-12-14)25-19(26-17(15)29)27-7-9-32-10-8-27/h11-12H,3-10,13H2,1-2H3,(H2,22,23,24)/t21-/m1/s1. The molecular weight excluding hydrogens is 412 g/mol. The number of amides is 1. The molecule has 170 valence electrons. The number of nitrogens with two attached hydrogens (primary N) is 1. The molecule has 2 N–H and O–H groups in total. The second-order valence-electron chi connectivity index (χ2n) is 8.64. The first-order valence-electron chi connectivity index (χ1n) is 10.9. The molecule has 5 heterocycles. The van der Waals surface area contributed by atoms with E-state index in [2.05, 4.69) is 26.7 Å². The number of rotatable bonds is 3. The van der Waals surface area contributed by atoms with E-state index in [4.69, 9.17) is 25.2 Å². The Hall–Kier alpha value is -3.21. The summed E-state index contributed by atoms with van der Waals surface area (Å²) in [5.41, 5.74) is 8.21. The number of hydrogen-bond acceptors (Lipinski definition) is 10. The minimum absolute atomic E-state index is 0.231. The van der Waals surface area contributed by atoms with Crippen LogP contribution in [-0.2, 0) is 15.9 Å². The van der Waals surface area contributed by atoms with Crippen molar-refractivity contribution in [3.63, 3.8) is 0 Å². The summed E-state index contributed by atoms with van der Waals surface area (Å²) in [5.74, 6) is 1.83. The fourth-order valence-corrected chi connectivity index (χ4v) is 4.82. The summed E-state index contributed by atoms with van der Waals surface area (Å²) >= 11 is 0. The third kappa shape index (κ3) is 3.56. The minimum atomic E-state index is -0.287. The average molecular weight is 441 g/mol. The zero-order valence-corrected chi connectivity index (χ0v) is 18.5.